The lowest BCUT2D eigenvalue weighted by atomic mass is 10.1. The fraction of sp³-hybridized carbons (Fsp3) is 0.667. The highest BCUT2D eigenvalue weighted by Gasteiger charge is 2.57. The van der Waals surface area contributed by atoms with Crippen molar-refractivity contribution in [1.82, 2.24) is 4.98 Å². The van der Waals surface area contributed by atoms with E-state index in [2.05, 4.69) is 18.8 Å². The summed E-state index contributed by atoms with van der Waals surface area (Å²) in [4.78, 5) is 4.34. The number of halogens is 3. The zero-order valence-electron chi connectivity index (χ0n) is 11.6. The van der Waals surface area contributed by atoms with Crippen LogP contribution in [0.4, 0.5) is 8.78 Å². The molecule has 110 valence electrons. The predicted octanol–water partition coefficient (Wildman–Crippen LogP) is 4.53. The molecule has 1 unspecified atom stereocenters. The predicted molar refractivity (Wildman–Crippen MR) is 73.5 cm³/mol. The topological polar surface area (TPSA) is 22.1 Å². The Kier molecular flexibility index (Phi) is 3.39. The second-order valence-electron chi connectivity index (χ2n) is 6.26. The van der Waals surface area contributed by atoms with Gasteiger partial charge in [-0.15, -0.1) is 0 Å². The SMILES string of the molecule is CC(C)[C@H]1C[C@@H]1c1cc(OCC2CC2(F)F)c(Cl)cn1. The van der Waals surface area contributed by atoms with E-state index in [0.29, 0.717) is 28.5 Å². The molecule has 5 heteroatoms. The Hall–Kier alpha value is -0.900. The van der Waals surface area contributed by atoms with Crippen molar-refractivity contribution in [2.75, 3.05) is 6.61 Å². The third-order valence-electron chi connectivity index (χ3n) is 4.31. The van der Waals surface area contributed by atoms with Crippen LogP contribution in [-0.2, 0) is 0 Å². The van der Waals surface area contributed by atoms with E-state index in [4.69, 9.17) is 16.3 Å². The van der Waals surface area contributed by atoms with Crippen molar-refractivity contribution < 1.29 is 13.5 Å². The van der Waals surface area contributed by atoms with Gasteiger partial charge in [-0.2, -0.15) is 0 Å². The minimum atomic E-state index is -2.55. The maximum Gasteiger partial charge on any atom is 0.255 e. The summed E-state index contributed by atoms with van der Waals surface area (Å²) in [6, 6.07) is 1.82. The van der Waals surface area contributed by atoms with E-state index in [9.17, 15) is 8.78 Å². The molecule has 0 radical (unpaired) electrons. The molecule has 2 saturated carbocycles. The maximum absolute atomic E-state index is 12.8. The summed E-state index contributed by atoms with van der Waals surface area (Å²) in [6.07, 6.45) is 2.61. The quantitative estimate of drug-likeness (QED) is 0.797. The van der Waals surface area contributed by atoms with Crippen molar-refractivity contribution in [2.24, 2.45) is 17.8 Å². The van der Waals surface area contributed by atoms with Gasteiger partial charge in [0.1, 0.15) is 10.8 Å². The zero-order valence-corrected chi connectivity index (χ0v) is 12.3. The fourth-order valence-electron chi connectivity index (χ4n) is 2.68. The highest BCUT2D eigenvalue weighted by molar-refractivity contribution is 6.31. The highest BCUT2D eigenvalue weighted by Crippen LogP contribution is 2.52. The summed E-state index contributed by atoms with van der Waals surface area (Å²) in [5.41, 5.74) is 0.964. The van der Waals surface area contributed by atoms with Crippen LogP contribution in [0, 0.1) is 17.8 Å². The highest BCUT2D eigenvalue weighted by atomic mass is 35.5. The first kappa shape index (κ1) is 14.1. The Labute approximate surface area is 122 Å². The molecule has 1 aromatic rings. The molecule has 2 aliphatic rings. The van der Waals surface area contributed by atoms with Gasteiger partial charge >= 0.3 is 0 Å². The molecule has 20 heavy (non-hydrogen) atoms. The molecule has 2 nitrogen and oxygen atoms in total. The van der Waals surface area contributed by atoms with Crippen LogP contribution in [0.15, 0.2) is 12.3 Å². The van der Waals surface area contributed by atoms with Crippen molar-refractivity contribution in [3.8, 4) is 5.75 Å². The van der Waals surface area contributed by atoms with Crippen LogP contribution in [0.1, 0.15) is 38.3 Å². The third kappa shape index (κ3) is 2.76. The van der Waals surface area contributed by atoms with E-state index in [1.165, 1.54) is 0 Å². The lowest BCUT2D eigenvalue weighted by Crippen LogP contribution is -2.06. The average molecular weight is 302 g/mol. The minimum absolute atomic E-state index is 0.0223. The molecule has 0 N–H and O–H groups in total. The van der Waals surface area contributed by atoms with Crippen LogP contribution in [0.2, 0.25) is 5.02 Å². The van der Waals surface area contributed by atoms with E-state index < -0.39 is 11.8 Å². The molecule has 0 amide bonds. The van der Waals surface area contributed by atoms with Crippen molar-refractivity contribution in [2.45, 2.75) is 38.5 Å². The van der Waals surface area contributed by atoms with Crippen molar-refractivity contribution in [3.63, 3.8) is 0 Å². The summed E-state index contributed by atoms with van der Waals surface area (Å²) in [7, 11) is 0. The molecule has 0 aliphatic heterocycles. The molecule has 1 heterocycles. The van der Waals surface area contributed by atoms with E-state index in [1.807, 2.05) is 6.07 Å². The number of nitrogens with zero attached hydrogens (tertiary/aromatic N) is 1. The fourth-order valence-corrected chi connectivity index (χ4v) is 2.84. The second kappa shape index (κ2) is 4.83. The molecule has 2 fully saturated rings. The number of hydrogen-bond donors (Lipinski definition) is 0. The van der Waals surface area contributed by atoms with Gasteiger partial charge in [-0.05, 0) is 18.3 Å². The van der Waals surface area contributed by atoms with Gasteiger partial charge in [-0.1, -0.05) is 25.4 Å². The van der Waals surface area contributed by atoms with Crippen molar-refractivity contribution in [1.29, 1.82) is 0 Å². The second-order valence-corrected chi connectivity index (χ2v) is 6.67. The number of ether oxygens (including phenoxy) is 1. The Balaban J connectivity index is 1.65. The van der Waals surface area contributed by atoms with Gasteiger partial charge in [0.25, 0.3) is 5.92 Å². The van der Waals surface area contributed by atoms with E-state index in [0.717, 1.165) is 12.1 Å². The summed E-state index contributed by atoms with van der Waals surface area (Å²) >= 11 is 6.02. The molecule has 0 bridgehead atoms. The number of hydrogen-bond acceptors (Lipinski definition) is 2. The standard InChI is InChI=1S/C15H18ClF2NO/c1-8(2)10-3-11(10)13-4-14(12(16)6-19-13)20-7-9-5-15(9,17)18/h4,6,8-11H,3,5,7H2,1-2H3/t9?,10-,11+/m1/s1. The van der Waals surface area contributed by atoms with Gasteiger partial charge < -0.3 is 4.74 Å². The van der Waals surface area contributed by atoms with Gasteiger partial charge in [0, 0.05) is 30.3 Å². The van der Waals surface area contributed by atoms with Crippen molar-refractivity contribution in [3.05, 3.63) is 23.0 Å². The lowest BCUT2D eigenvalue weighted by molar-refractivity contribution is 0.0856. The van der Waals surface area contributed by atoms with Crippen LogP contribution < -0.4 is 4.74 Å². The number of pyridine rings is 1. The molecule has 3 atom stereocenters. The average Bonchev–Trinajstić information content (AvgIpc) is 3.25. The zero-order chi connectivity index (χ0) is 14.5. The first-order valence-corrected chi connectivity index (χ1v) is 7.42. The molecule has 3 rings (SSSR count). The van der Waals surface area contributed by atoms with Gasteiger partial charge in [0.05, 0.1) is 12.5 Å². The summed E-state index contributed by atoms with van der Waals surface area (Å²) in [6.45, 7) is 4.43. The number of alkyl halides is 2. The monoisotopic (exact) mass is 301 g/mol. The molecular weight excluding hydrogens is 284 g/mol. The van der Waals surface area contributed by atoms with E-state index in [1.54, 1.807) is 6.20 Å². The molecule has 0 aromatic carbocycles. The van der Waals surface area contributed by atoms with Crippen molar-refractivity contribution >= 4 is 11.6 Å². The Morgan fingerprint density at radius 3 is 2.75 bits per heavy atom. The van der Waals surface area contributed by atoms with Crippen LogP contribution in [0.25, 0.3) is 0 Å². The maximum atomic E-state index is 12.8. The lowest BCUT2D eigenvalue weighted by Gasteiger charge is -2.10. The first-order chi connectivity index (χ1) is 9.38. The van der Waals surface area contributed by atoms with Crippen LogP contribution in [-0.4, -0.2) is 17.5 Å². The largest absolute Gasteiger partial charge is 0.491 e. The Bertz CT molecular complexity index is 521. The van der Waals surface area contributed by atoms with Crippen LogP contribution in [0.3, 0.4) is 0 Å². The third-order valence-corrected chi connectivity index (χ3v) is 4.60. The van der Waals surface area contributed by atoms with Crippen LogP contribution >= 0.6 is 11.6 Å². The van der Waals surface area contributed by atoms with Gasteiger partial charge in [-0.25, -0.2) is 8.78 Å². The normalized spacial score (nSPS) is 30.4. The number of rotatable bonds is 5. The molecule has 0 saturated heterocycles. The Morgan fingerprint density at radius 1 is 1.50 bits per heavy atom. The van der Waals surface area contributed by atoms with Crippen LogP contribution in [0.5, 0.6) is 5.75 Å². The first-order valence-electron chi connectivity index (χ1n) is 7.04. The van der Waals surface area contributed by atoms with E-state index >= 15 is 0 Å². The Morgan fingerprint density at radius 2 is 2.20 bits per heavy atom. The molecular formula is C15H18ClF2NO. The van der Waals surface area contributed by atoms with E-state index in [-0.39, 0.29) is 13.0 Å². The van der Waals surface area contributed by atoms with Gasteiger partial charge in [0.2, 0.25) is 0 Å². The smallest absolute Gasteiger partial charge is 0.255 e. The van der Waals surface area contributed by atoms with Gasteiger partial charge in [0.15, 0.2) is 0 Å². The van der Waals surface area contributed by atoms with Gasteiger partial charge in [-0.3, -0.25) is 4.98 Å². The molecule has 1 aromatic heterocycles. The summed E-state index contributed by atoms with van der Waals surface area (Å²) in [5.74, 6) is -0.997. The minimum Gasteiger partial charge on any atom is -0.491 e. The molecule has 0 spiro atoms. The number of aromatic nitrogens is 1. The molecule has 2 aliphatic carbocycles. The summed E-state index contributed by atoms with van der Waals surface area (Å²) in [5, 5.41) is 0.388. The summed E-state index contributed by atoms with van der Waals surface area (Å²) < 4.78 is 31.1.